The standard InChI is InChI=1S/C20H25FN2O3/c1-23(2)15-3-5-17-18-6-4-16(14-20(18)22-19(17)13-15)26-12-11-25-10-9-24-8-7-21/h3-6,13-14,22H,7-12H2,1-2H3. The summed E-state index contributed by atoms with van der Waals surface area (Å²) in [5, 5.41) is 2.38. The Labute approximate surface area is 152 Å². The summed E-state index contributed by atoms with van der Waals surface area (Å²) in [5.74, 6) is 0.800. The molecule has 1 heterocycles. The third-order valence-corrected chi connectivity index (χ3v) is 4.16. The number of hydrogen-bond donors (Lipinski definition) is 1. The van der Waals surface area contributed by atoms with Crippen LogP contribution in [0.15, 0.2) is 36.4 Å². The Morgan fingerprint density at radius 1 is 0.846 bits per heavy atom. The molecule has 0 fully saturated rings. The van der Waals surface area contributed by atoms with Gasteiger partial charge in [-0.2, -0.15) is 0 Å². The van der Waals surface area contributed by atoms with Crippen LogP contribution in [0.25, 0.3) is 21.8 Å². The van der Waals surface area contributed by atoms with Gasteiger partial charge in [-0.25, -0.2) is 4.39 Å². The number of benzene rings is 2. The molecule has 0 aliphatic heterocycles. The molecule has 0 aliphatic rings. The molecular formula is C20H25FN2O3. The highest BCUT2D eigenvalue weighted by Crippen LogP contribution is 2.30. The monoisotopic (exact) mass is 360 g/mol. The van der Waals surface area contributed by atoms with Gasteiger partial charge in [-0.1, -0.05) is 6.07 Å². The van der Waals surface area contributed by atoms with Crippen molar-refractivity contribution >= 4 is 27.5 Å². The highest BCUT2D eigenvalue weighted by molar-refractivity contribution is 6.08. The van der Waals surface area contributed by atoms with Gasteiger partial charge < -0.3 is 24.1 Å². The molecule has 1 aromatic heterocycles. The molecule has 1 N–H and O–H groups in total. The van der Waals surface area contributed by atoms with E-state index < -0.39 is 6.67 Å². The van der Waals surface area contributed by atoms with Gasteiger partial charge in [0.05, 0.1) is 31.9 Å². The summed E-state index contributed by atoms with van der Waals surface area (Å²) < 4.78 is 28.0. The molecule has 0 radical (unpaired) electrons. The topological polar surface area (TPSA) is 46.7 Å². The van der Waals surface area contributed by atoms with E-state index in [1.807, 2.05) is 26.2 Å². The van der Waals surface area contributed by atoms with Crippen molar-refractivity contribution in [1.82, 2.24) is 4.98 Å². The van der Waals surface area contributed by atoms with Crippen LogP contribution in [0.1, 0.15) is 0 Å². The summed E-state index contributed by atoms with van der Waals surface area (Å²) >= 11 is 0. The maximum absolute atomic E-state index is 11.9. The van der Waals surface area contributed by atoms with Gasteiger partial charge >= 0.3 is 0 Å². The van der Waals surface area contributed by atoms with Crippen molar-refractivity contribution in [3.05, 3.63) is 36.4 Å². The Morgan fingerprint density at radius 3 is 2.23 bits per heavy atom. The van der Waals surface area contributed by atoms with E-state index in [-0.39, 0.29) is 6.61 Å². The molecule has 6 heteroatoms. The molecule has 0 bridgehead atoms. The second-order valence-electron chi connectivity index (χ2n) is 6.22. The average molecular weight is 360 g/mol. The maximum atomic E-state index is 11.9. The molecule has 0 spiro atoms. The summed E-state index contributed by atoms with van der Waals surface area (Å²) in [7, 11) is 4.07. The van der Waals surface area contributed by atoms with Gasteiger partial charge in [-0.05, 0) is 24.3 Å². The van der Waals surface area contributed by atoms with Crippen molar-refractivity contribution in [2.24, 2.45) is 0 Å². The van der Waals surface area contributed by atoms with E-state index in [0.29, 0.717) is 26.4 Å². The van der Waals surface area contributed by atoms with Crippen molar-refractivity contribution in [2.45, 2.75) is 0 Å². The number of H-pyrrole nitrogens is 1. The minimum Gasteiger partial charge on any atom is -0.491 e. The number of rotatable bonds is 10. The predicted octanol–water partition coefficient (Wildman–Crippen LogP) is 3.77. The first-order valence-corrected chi connectivity index (χ1v) is 8.76. The third-order valence-electron chi connectivity index (χ3n) is 4.16. The second-order valence-corrected chi connectivity index (χ2v) is 6.22. The summed E-state index contributed by atoms with van der Waals surface area (Å²) in [6.07, 6.45) is 0. The van der Waals surface area contributed by atoms with Crippen LogP contribution in [0, 0.1) is 0 Å². The lowest BCUT2D eigenvalue weighted by atomic mass is 10.1. The van der Waals surface area contributed by atoms with Crippen molar-refractivity contribution in [3.8, 4) is 5.75 Å². The van der Waals surface area contributed by atoms with Crippen LogP contribution in [-0.4, -0.2) is 58.8 Å². The van der Waals surface area contributed by atoms with Crippen LogP contribution in [0.3, 0.4) is 0 Å². The fourth-order valence-corrected chi connectivity index (χ4v) is 2.84. The molecule has 0 unspecified atom stereocenters. The number of anilines is 1. The number of aromatic nitrogens is 1. The van der Waals surface area contributed by atoms with Gasteiger partial charge in [0, 0.05) is 42.1 Å². The molecule has 0 amide bonds. The third kappa shape index (κ3) is 4.45. The van der Waals surface area contributed by atoms with Crippen molar-refractivity contribution in [3.63, 3.8) is 0 Å². The molecule has 0 atom stereocenters. The first kappa shape index (κ1) is 18.5. The number of nitrogens with zero attached hydrogens (tertiary/aromatic N) is 1. The summed E-state index contributed by atoms with van der Waals surface area (Å²) in [5.41, 5.74) is 3.32. The summed E-state index contributed by atoms with van der Waals surface area (Å²) in [6, 6.07) is 12.5. The van der Waals surface area contributed by atoms with E-state index in [4.69, 9.17) is 14.2 Å². The Kier molecular flexibility index (Phi) is 6.30. The number of aromatic amines is 1. The van der Waals surface area contributed by atoms with Gasteiger partial charge in [0.1, 0.15) is 19.0 Å². The van der Waals surface area contributed by atoms with Crippen molar-refractivity contribution < 1.29 is 18.6 Å². The van der Waals surface area contributed by atoms with Crippen molar-refractivity contribution in [1.29, 1.82) is 0 Å². The lowest BCUT2D eigenvalue weighted by Crippen LogP contribution is -2.11. The molecule has 26 heavy (non-hydrogen) atoms. The van der Waals surface area contributed by atoms with Crippen LogP contribution in [-0.2, 0) is 9.47 Å². The van der Waals surface area contributed by atoms with E-state index in [1.165, 1.54) is 10.8 Å². The molecule has 2 aromatic carbocycles. The quantitative estimate of drug-likeness (QED) is 0.559. The largest absolute Gasteiger partial charge is 0.491 e. The first-order chi connectivity index (χ1) is 12.7. The van der Waals surface area contributed by atoms with E-state index in [2.05, 4.69) is 34.1 Å². The molecule has 5 nitrogen and oxygen atoms in total. The second kappa shape index (κ2) is 8.87. The fraction of sp³-hybridized carbons (Fsp3) is 0.400. The number of hydrogen-bond acceptors (Lipinski definition) is 4. The Balaban J connectivity index is 1.58. The molecule has 3 rings (SSSR count). The number of nitrogens with one attached hydrogen (secondary N) is 1. The first-order valence-electron chi connectivity index (χ1n) is 8.76. The maximum Gasteiger partial charge on any atom is 0.121 e. The van der Waals surface area contributed by atoms with Crippen molar-refractivity contribution in [2.75, 3.05) is 58.7 Å². The molecule has 140 valence electrons. The Morgan fingerprint density at radius 2 is 1.50 bits per heavy atom. The van der Waals surface area contributed by atoms with Crippen LogP contribution >= 0.6 is 0 Å². The van der Waals surface area contributed by atoms with E-state index in [1.54, 1.807) is 0 Å². The van der Waals surface area contributed by atoms with Crippen LogP contribution < -0.4 is 9.64 Å². The normalized spacial score (nSPS) is 11.3. The van der Waals surface area contributed by atoms with E-state index in [0.717, 1.165) is 22.5 Å². The summed E-state index contributed by atoms with van der Waals surface area (Å²) in [6.45, 7) is 1.43. The highest BCUT2D eigenvalue weighted by Gasteiger charge is 2.07. The van der Waals surface area contributed by atoms with Crippen LogP contribution in [0.5, 0.6) is 5.75 Å². The molecular weight excluding hydrogens is 335 g/mol. The molecule has 0 saturated carbocycles. The molecule has 3 aromatic rings. The minimum absolute atomic E-state index is 0.125. The Hall–Kier alpha value is -2.31. The lowest BCUT2D eigenvalue weighted by Gasteiger charge is -2.11. The van der Waals surface area contributed by atoms with Crippen LogP contribution in [0.4, 0.5) is 10.1 Å². The van der Waals surface area contributed by atoms with E-state index >= 15 is 0 Å². The zero-order chi connectivity index (χ0) is 18.4. The lowest BCUT2D eigenvalue weighted by molar-refractivity contribution is 0.0325. The highest BCUT2D eigenvalue weighted by atomic mass is 19.1. The zero-order valence-corrected chi connectivity index (χ0v) is 15.3. The van der Waals surface area contributed by atoms with Gasteiger partial charge in [-0.3, -0.25) is 0 Å². The molecule has 0 saturated heterocycles. The van der Waals surface area contributed by atoms with Gasteiger partial charge in [-0.15, -0.1) is 0 Å². The SMILES string of the molecule is CN(C)c1ccc2c(c1)[nH]c1cc(OCCOCCOCCF)ccc12. The minimum atomic E-state index is -0.462. The summed E-state index contributed by atoms with van der Waals surface area (Å²) in [4.78, 5) is 5.54. The number of alkyl halides is 1. The Bertz CT molecular complexity index is 848. The predicted molar refractivity (Wildman–Crippen MR) is 103 cm³/mol. The molecule has 0 aliphatic carbocycles. The number of ether oxygens (including phenoxy) is 3. The zero-order valence-electron chi connectivity index (χ0n) is 15.3. The fourth-order valence-electron chi connectivity index (χ4n) is 2.84. The van der Waals surface area contributed by atoms with Gasteiger partial charge in [0.25, 0.3) is 0 Å². The van der Waals surface area contributed by atoms with Gasteiger partial charge in [0.15, 0.2) is 0 Å². The number of halogens is 1. The average Bonchev–Trinajstić information content (AvgIpc) is 3.00. The van der Waals surface area contributed by atoms with E-state index in [9.17, 15) is 4.39 Å². The van der Waals surface area contributed by atoms with Crippen LogP contribution in [0.2, 0.25) is 0 Å². The smallest absolute Gasteiger partial charge is 0.121 e. The van der Waals surface area contributed by atoms with Gasteiger partial charge in [0.2, 0.25) is 0 Å². The number of fused-ring (bicyclic) bond motifs is 3.